The van der Waals surface area contributed by atoms with Crippen LogP contribution in [-0.4, -0.2) is 13.7 Å². The summed E-state index contributed by atoms with van der Waals surface area (Å²) in [4.78, 5) is 0. The van der Waals surface area contributed by atoms with E-state index in [-0.39, 0.29) is 0 Å². The summed E-state index contributed by atoms with van der Waals surface area (Å²) in [7, 11) is 1.69. The van der Waals surface area contributed by atoms with Crippen molar-refractivity contribution in [1.82, 2.24) is 5.32 Å². The molecule has 0 atom stereocenters. The molecule has 0 aliphatic heterocycles. The van der Waals surface area contributed by atoms with Crippen molar-refractivity contribution < 1.29 is 4.74 Å². The summed E-state index contributed by atoms with van der Waals surface area (Å²) in [5.74, 6) is 0.915. The van der Waals surface area contributed by atoms with Gasteiger partial charge >= 0.3 is 0 Å². The fourth-order valence-corrected chi connectivity index (χ4v) is 2.18. The van der Waals surface area contributed by atoms with E-state index in [9.17, 15) is 0 Å². The number of rotatable bonds is 7. The molecule has 0 unspecified atom stereocenters. The van der Waals surface area contributed by atoms with E-state index in [4.69, 9.17) is 10.00 Å². The minimum atomic E-state index is 0.705. The molecule has 0 radical (unpaired) electrons. The molecule has 21 heavy (non-hydrogen) atoms. The SMILES string of the molecule is COc1cccc(CCCNCc2ccc(C#N)cc2)c1. The van der Waals surface area contributed by atoms with Crippen LogP contribution in [0.5, 0.6) is 5.75 Å². The van der Waals surface area contributed by atoms with Gasteiger partial charge in [-0.05, 0) is 54.8 Å². The van der Waals surface area contributed by atoms with E-state index in [0.29, 0.717) is 5.56 Å². The van der Waals surface area contributed by atoms with Crippen molar-refractivity contribution in [2.45, 2.75) is 19.4 Å². The highest BCUT2D eigenvalue weighted by Crippen LogP contribution is 2.13. The van der Waals surface area contributed by atoms with Crippen LogP contribution in [0.1, 0.15) is 23.1 Å². The van der Waals surface area contributed by atoms with Crippen LogP contribution in [0, 0.1) is 11.3 Å². The van der Waals surface area contributed by atoms with Gasteiger partial charge in [0.1, 0.15) is 5.75 Å². The molecular weight excluding hydrogens is 260 g/mol. The Bertz CT molecular complexity index is 599. The van der Waals surface area contributed by atoms with Crippen LogP contribution >= 0.6 is 0 Å². The van der Waals surface area contributed by atoms with E-state index >= 15 is 0 Å². The maximum Gasteiger partial charge on any atom is 0.119 e. The fourth-order valence-electron chi connectivity index (χ4n) is 2.18. The first-order valence-electron chi connectivity index (χ1n) is 7.14. The van der Waals surface area contributed by atoms with Gasteiger partial charge < -0.3 is 10.1 Å². The largest absolute Gasteiger partial charge is 0.497 e. The molecule has 2 aromatic carbocycles. The molecule has 2 aromatic rings. The Morgan fingerprint density at radius 2 is 1.90 bits per heavy atom. The van der Waals surface area contributed by atoms with Crippen molar-refractivity contribution in [1.29, 1.82) is 5.26 Å². The molecule has 0 fully saturated rings. The zero-order valence-corrected chi connectivity index (χ0v) is 12.3. The average Bonchev–Trinajstić information content (AvgIpc) is 2.55. The minimum Gasteiger partial charge on any atom is -0.497 e. The van der Waals surface area contributed by atoms with Crippen molar-refractivity contribution in [2.75, 3.05) is 13.7 Å². The molecule has 0 aliphatic rings. The lowest BCUT2D eigenvalue weighted by atomic mass is 10.1. The first-order valence-corrected chi connectivity index (χ1v) is 7.14. The van der Waals surface area contributed by atoms with Crippen molar-refractivity contribution in [3.05, 3.63) is 65.2 Å². The molecule has 0 saturated heterocycles. The van der Waals surface area contributed by atoms with Crippen LogP contribution in [-0.2, 0) is 13.0 Å². The molecule has 0 aliphatic carbocycles. The highest BCUT2D eigenvalue weighted by molar-refractivity contribution is 5.31. The van der Waals surface area contributed by atoms with Crippen molar-refractivity contribution in [3.8, 4) is 11.8 Å². The van der Waals surface area contributed by atoms with Gasteiger partial charge in [0, 0.05) is 6.54 Å². The van der Waals surface area contributed by atoms with Gasteiger partial charge in [-0.2, -0.15) is 5.26 Å². The number of aryl methyl sites for hydroxylation is 1. The summed E-state index contributed by atoms with van der Waals surface area (Å²) in [6, 6.07) is 18.0. The molecule has 3 nitrogen and oxygen atoms in total. The molecule has 0 heterocycles. The van der Waals surface area contributed by atoms with Crippen LogP contribution < -0.4 is 10.1 Å². The molecule has 108 valence electrons. The first-order chi connectivity index (χ1) is 10.3. The minimum absolute atomic E-state index is 0.705. The second-order valence-corrected chi connectivity index (χ2v) is 4.94. The number of ether oxygens (including phenoxy) is 1. The van der Waals surface area contributed by atoms with Gasteiger partial charge in [-0.1, -0.05) is 24.3 Å². The topological polar surface area (TPSA) is 45.0 Å². The maximum absolute atomic E-state index is 8.75. The lowest BCUT2D eigenvalue weighted by molar-refractivity contribution is 0.414. The Labute approximate surface area is 126 Å². The third-order valence-electron chi connectivity index (χ3n) is 3.37. The van der Waals surface area contributed by atoms with Crippen LogP contribution in [0.15, 0.2) is 48.5 Å². The Hall–Kier alpha value is -2.31. The summed E-state index contributed by atoms with van der Waals surface area (Å²) in [6.45, 7) is 1.81. The maximum atomic E-state index is 8.75. The van der Waals surface area contributed by atoms with Gasteiger partial charge in [0.15, 0.2) is 0 Å². The predicted molar refractivity (Wildman–Crippen MR) is 84.2 cm³/mol. The molecule has 1 N–H and O–H groups in total. The highest BCUT2D eigenvalue weighted by Gasteiger charge is 1.97. The molecule has 3 heteroatoms. The Kier molecular flexibility index (Phi) is 5.81. The standard InChI is InChI=1S/C18H20N2O/c1-21-18-6-2-4-15(12-18)5-3-11-20-14-17-9-7-16(13-19)8-10-17/h2,4,6-10,12,20H,3,5,11,14H2,1H3. The zero-order chi connectivity index (χ0) is 14.9. The highest BCUT2D eigenvalue weighted by atomic mass is 16.5. The predicted octanol–water partition coefficient (Wildman–Crippen LogP) is 3.29. The molecule has 0 amide bonds. The Balaban J connectivity index is 1.68. The summed E-state index contributed by atoms with van der Waals surface area (Å²) in [5.41, 5.74) is 3.21. The number of nitrogens with one attached hydrogen (secondary N) is 1. The molecule has 2 rings (SSSR count). The number of hydrogen-bond acceptors (Lipinski definition) is 3. The normalized spacial score (nSPS) is 10.1. The molecule has 0 saturated carbocycles. The number of hydrogen-bond donors (Lipinski definition) is 1. The third-order valence-corrected chi connectivity index (χ3v) is 3.37. The van der Waals surface area contributed by atoms with E-state index in [1.165, 1.54) is 11.1 Å². The average molecular weight is 280 g/mol. The van der Waals surface area contributed by atoms with Crippen LogP contribution in [0.3, 0.4) is 0 Å². The van der Waals surface area contributed by atoms with Crippen molar-refractivity contribution in [3.63, 3.8) is 0 Å². The summed E-state index contributed by atoms with van der Waals surface area (Å²) >= 11 is 0. The van der Waals surface area contributed by atoms with E-state index in [0.717, 1.165) is 31.7 Å². The van der Waals surface area contributed by atoms with E-state index in [2.05, 4.69) is 23.5 Å². The monoisotopic (exact) mass is 280 g/mol. The van der Waals surface area contributed by atoms with Crippen molar-refractivity contribution in [2.24, 2.45) is 0 Å². The van der Waals surface area contributed by atoms with Crippen LogP contribution in [0.4, 0.5) is 0 Å². The number of methoxy groups -OCH3 is 1. The Morgan fingerprint density at radius 1 is 1.10 bits per heavy atom. The van der Waals surface area contributed by atoms with Crippen LogP contribution in [0.2, 0.25) is 0 Å². The lowest BCUT2D eigenvalue weighted by Crippen LogP contribution is -2.15. The third kappa shape index (κ3) is 4.94. The van der Waals surface area contributed by atoms with Gasteiger partial charge in [-0.15, -0.1) is 0 Å². The van der Waals surface area contributed by atoms with Gasteiger partial charge in [0.05, 0.1) is 18.7 Å². The lowest BCUT2D eigenvalue weighted by Gasteiger charge is -2.06. The van der Waals surface area contributed by atoms with Gasteiger partial charge in [-0.25, -0.2) is 0 Å². The number of benzene rings is 2. The smallest absolute Gasteiger partial charge is 0.119 e. The van der Waals surface area contributed by atoms with Gasteiger partial charge in [-0.3, -0.25) is 0 Å². The molecular formula is C18H20N2O. The van der Waals surface area contributed by atoms with E-state index < -0.39 is 0 Å². The fraction of sp³-hybridized carbons (Fsp3) is 0.278. The number of nitrogens with zero attached hydrogens (tertiary/aromatic N) is 1. The number of nitriles is 1. The molecule has 0 aromatic heterocycles. The molecule has 0 bridgehead atoms. The van der Waals surface area contributed by atoms with Gasteiger partial charge in [0.25, 0.3) is 0 Å². The summed E-state index contributed by atoms with van der Waals surface area (Å²) < 4.78 is 5.22. The van der Waals surface area contributed by atoms with Gasteiger partial charge in [0.2, 0.25) is 0 Å². The van der Waals surface area contributed by atoms with Crippen molar-refractivity contribution >= 4 is 0 Å². The van der Waals surface area contributed by atoms with Crippen LogP contribution in [0.25, 0.3) is 0 Å². The molecule has 0 spiro atoms. The Morgan fingerprint density at radius 3 is 2.62 bits per heavy atom. The summed E-state index contributed by atoms with van der Waals surface area (Å²) in [6.07, 6.45) is 2.13. The first kappa shape index (κ1) is 15.1. The zero-order valence-electron chi connectivity index (χ0n) is 12.3. The quantitative estimate of drug-likeness (QED) is 0.792. The second kappa shape index (κ2) is 8.08. The summed E-state index contributed by atoms with van der Waals surface area (Å²) in [5, 5.41) is 12.2. The second-order valence-electron chi connectivity index (χ2n) is 4.94. The van der Waals surface area contributed by atoms with E-state index in [1.54, 1.807) is 7.11 Å². The van der Waals surface area contributed by atoms with E-state index in [1.807, 2.05) is 36.4 Å².